The third kappa shape index (κ3) is 4.21. The van der Waals surface area contributed by atoms with E-state index in [0.29, 0.717) is 19.5 Å². The molecule has 0 spiro atoms. The molecule has 1 fully saturated rings. The lowest BCUT2D eigenvalue weighted by Gasteiger charge is -2.38. The summed E-state index contributed by atoms with van der Waals surface area (Å²) in [6.45, 7) is 2.65. The van der Waals surface area contributed by atoms with Gasteiger partial charge in [0.25, 0.3) is 0 Å². The molecular weight excluding hydrogens is 280 g/mol. The van der Waals surface area contributed by atoms with Gasteiger partial charge in [0.1, 0.15) is 5.75 Å². The highest BCUT2D eigenvalue weighted by molar-refractivity contribution is 5.76. The summed E-state index contributed by atoms with van der Waals surface area (Å²) in [5, 5.41) is 3.07. The van der Waals surface area contributed by atoms with Crippen LogP contribution in [0.3, 0.4) is 0 Å². The first-order valence-electron chi connectivity index (χ1n) is 7.89. The van der Waals surface area contributed by atoms with E-state index >= 15 is 0 Å². The summed E-state index contributed by atoms with van der Waals surface area (Å²) < 4.78 is 10.7. The molecule has 22 heavy (non-hydrogen) atoms. The van der Waals surface area contributed by atoms with Gasteiger partial charge in [-0.25, -0.2) is 0 Å². The van der Waals surface area contributed by atoms with Crippen LogP contribution in [0.5, 0.6) is 5.75 Å². The Bertz CT molecular complexity index is 467. The summed E-state index contributed by atoms with van der Waals surface area (Å²) in [5.74, 6) is 0.919. The quantitative estimate of drug-likeness (QED) is 0.802. The molecule has 1 saturated heterocycles. The van der Waals surface area contributed by atoms with Crippen LogP contribution >= 0.6 is 0 Å². The average Bonchev–Trinajstić information content (AvgIpc) is 2.59. The SMILES string of the molecule is COc1ccc(C2(CNC(=O)CCCN)CCOCC2)cc1. The van der Waals surface area contributed by atoms with Crippen molar-refractivity contribution in [3.05, 3.63) is 29.8 Å². The molecule has 0 aliphatic carbocycles. The summed E-state index contributed by atoms with van der Waals surface area (Å²) in [6, 6.07) is 8.14. The zero-order chi connectivity index (χ0) is 15.8. The third-order valence-electron chi connectivity index (χ3n) is 4.38. The second kappa shape index (κ2) is 8.15. The maximum absolute atomic E-state index is 11.9. The second-order valence-electron chi connectivity index (χ2n) is 5.79. The lowest BCUT2D eigenvalue weighted by Crippen LogP contribution is -2.44. The summed E-state index contributed by atoms with van der Waals surface area (Å²) in [7, 11) is 1.66. The number of methoxy groups -OCH3 is 1. The molecule has 0 saturated carbocycles. The van der Waals surface area contributed by atoms with Crippen LogP contribution in [0, 0.1) is 0 Å². The maximum atomic E-state index is 11.9. The summed E-state index contributed by atoms with van der Waals surface area (Å²) in [5.41, 5.74) is 6.63. The second-order valence-corrected chi connectivity index (χ2v) is 5.79. The molecule has 1 amide bonds. The number of carbonyl (C=O) groups is 1. The summed E-state index contributed by atoms with van der Waals surface area (Å²) in [4.78, 5) is 11.9. The Labute approximate surface area is 132 Å². The third-order valence-corrected chi connectivity index (χ3v) is 4.38. The molecule has 0 bridgehead atoms. The zero-order valence-electron chi connectivity index (χ0n) is 13.3. The fourth-order valence-corrected chi connectivity index (χ4v) is 2.89. The number of nitrogens with two attached hydrogens (primary N) is 1. The van der Waals surface area contributed by atoms with Gasteiger partial charge in [-0.2, -0.15) is 0 Å². The minimum atomic E-state index is -0.0527. The van der Waals surface area contributed by atoms with E-state index in [4.69, 9.17) is 15.2 Å². The monoisotopic (exact) mass is 306 g/mol. The first kappa shape index (κ1) is 16.8. The minimum Gasteiger partial charge on any atom is -0.497 e. The number of benzene rings is 1. The Balaban J connectivity index is 2.07. The highest BCUT2D eigenvalue weighted by atomic mass is 16.5. The molecule has 0 atom stereocenters. The number of hydrogen-bond acceptors (Lipinski definition) is 4. The lowest BCUT2D eigenvalue weighted by molar-refractivity contribution is -0.121. The topological polar surface area (TPSA) is 73.6 Å². The van der Waals surface area contributed by atoms with Gasteiger partial charge in [0.05, 0.1) is 7.11 Å². The smallest absolute Gasteiger partial charge is 0.220 e. The summed E-state index contributed by atoms with van der Waals surface area (Å²) >= 11 is 0. The van der Waals surface area contributed by atoms with Crippen LogP contribution in [0.25, 0.3) is 0 Å². The Kier molecular flexibility index (Phi) is 6.21. The van der Waals surface area contributed by atoms with Crippen molar-refractivity contribution in [2.75, 3.05) is 33.4 Å². The molecule has 2 rings (SSSR count). The normalized spacial score (nSPS) is 17.0. The van der Waals surface area contributed by atoms with Crippen molar-refractivity contribution in [3.63, 3.8) is 0 Å². The number of ether oxygens (including phenoxy) is 2. The fraction of sp³-hybridized carbons (Fsp3) is 0.588. The first-order chi connectivity index (χ1) is 10.7. The molecule has 1 heterocycles. The molecule has 122 valence electrons. The van der Waals surface area contributed by atoms with E-state index in [1.807, 2.05) is 12.1 Å². The van der Waals surface area contributed by atoms with Gasteiger partial charge in [0.15, 0.2) is 0 Å². The van der Waals surface area contributed by atoms with Crippen molar-refractivity contribution in [2.24, 2.45) is 5.73 Å². The average molecular weight is 306 g/mol. The van der Waals surface area contributed by atoms with E-state index in [2.05, 4.69) is 17.4 Å². The van der Waals surface area contributed by atoms with Gasteiger partial charge >= 0.3 is 0 Å². The van der Waals surface area contributed by atoms with Crippen LogP contribution in [0.1, 0.15) is 31.2 Å². The van der Waals surface area contributed by atoms with Crippen molar-refractivity contribution in [1.82, 2.24) is 5.32 Å². The highest BCUT2D eigenvalue weighted by Gasteiger charge is 2.34. The predicted octanol–water partition coefficient (Wildman–Crippen LogP) is 1.60. The fourth-order valence-electron chi connectivity index (χ4n) is 2.89. The van der Waals surface area contributed by atoms with E-state index in [-0.39, 0.29) is 11.3 Å². The first-order valence-corrected chi connectivity index (χ1v) is 7.89. The molecule has 1 aromatic carbocycles. The van der Waals surface area contributed by atoms with Crippen LogP contribution in [0.15, 0.2) is 24.3 Å². The summed E-state index contributed by atoms with van der Waals surface area (Å²) in [6.07, 6.45) is 3.04. The van der Waals surface area contributed by atoms with Crippen molar-refractivity contribution >= 4 is 5.91 Å². The van der Waals surface area contributed by atoms with E-state index in [1.165, 1.54) is 5.56 Å². The van der Waals surface area contributed by atoms with E-state index in [9.17, 15) is 4.79 Å². The molecular formula is C17H26N2O3. The van der Waals surface area contributed by atoms with Crippen LogP contribution in [0.2, 0.25) is 0 Å². The zero-order valence-corrected chi connectivity index (χ0v) is 13.3. The Morgan fingerprint density at radius 3 is 2.59 bits per heavy atom. The number of amides is 1. The minimum absolute atomic E-state index is 0.0527. The molecule has 1 aliphatic heterocycles. The molecule has 0 unspecified atom stereocenters. The molecule has 1 aliphatic rings. The maximum Gasteiger partial charge on any atom is 0.220 e. The Morgan fingerprint density at radius 1 is 1.32 bits per heavy atom. The number of rotatable bonds is 7. The predicted molar refractivity (Wildman–Crippen MR) is 86.0 cm³/mol. The van der Waals surface area contributed by atoms with Crippen molar-refractivity contribution in [1.29, 1.82) is 0 Å². The Morgan fingerprint density at radius 2 is 2.00 bits per heavy atom. The molecule has 3 N–H and O–H groups in total. The van der Waals surface area contributed by atoms with Gasteiger partial charge in [0, 0.05) is 31.6 Å². The molecule has 0 radical (unpaired) electrons. The van der Waals surface area contributed by atoms with Gasteiger partial charge in [-0.15, -0.1) is 0 Å². The van der Waals surface area contributed by atoms with Crippen LogP contribution in [-0.4, -0.2) is 39.3 Å². The highest BCUT2D eigenvalue weighted by Crippen LogP contribution is 2.35. The van der Waals surface area contributed by atoms with Crippen molar-refractivity contribution in [3.8, 4) is 5.75 Å². The lowest BCUT2D eigenvalue weighted by atomic mass is 9.74. The van der Waals surface area contributed by atoms with Crippen LogP contribution in [0.4, 0.5) is 0 Å². The van der Waals surface area contributed by atoms with E-state index < -0.39 is 0 Å². The van der Waals surface area contributed by atoms with Crippen LogP contribution in [-0.2, 0) is 14.9 Å². The molecule has 5 nitrogen and oxygen atoms in total. The van der Waals surface area contributed by atoms with E-state index in [0.717, 1.165) is 38.2 Å². The van der Waals surface area contributed by atoms with Crippen LogP contribution < -0.4 is 15.8 Å². The van der Waals surface area contributed by atoms with Gasteiger partial charge in [-0.1, -0.05) is 12.1 Å². The van der Waals surface area contributed by atoms with Gasteiger partial charge in [-0.3, -0.25) is 4.79 Å². The number of nitrogens with one attached hydrogen (secondary N) is 1. The van der Waals surface area contributed by atoms with E-state index in [1.54, 1.807) is 7.11 Å². The molecule has 1 aromatic rings. The van der Waals surface area contributed by atoms with Crippen molar-refractivity contribution < 1.29 is 14.3 Å². The molecule has 5 heteroatoms. The van der Waals surface area contributed by atoms with Gasteiger partial charge in [0.2, 0.25) is 5.91 Å². The van der Waals surface area contributed by atoms with Crippen molar-refractivity contribution in [2.45, 2.75) is 31.1 Å². The molecule has 0 aromatic heterocycles. The van der Waals surface area contributed by atoms with Gasteiger partial charge < -0.3 is 20.5 Å². The largest absolute Gasteiger partial charge is 0.497 e. The van der Waals surface area contributed by atoms with Gasteiger partial charge in [-0.05, 0) is 43.5 Å². The number of carbonyl (C=O) groups excluding carboxylic acids is 1. The Hall–Kier alpha value is -1.59. The standard InChI is InChI=1S/C17H26N2O3/c1-21-15-6-4-14(5-7-15)17(8-11-22-12-9-17)13-19-16(20)3-2-10-18/h4-7H,2-3,8-13,18H2,1H3,(H,19,20). The number of hydrogen-bond donors (Lipinski definition) is 2.